The van der Waals surface area contributed by atoms with Gasteiger partial charge in [-0.3, -0.25) is 4.79 Å². The minimum Gasteiger partial charge on any atom is -0.491 e. The standard InChI is InChI=1S/C18H19ClN4O2/c1-18(2,11-25-14-4-6-20-15(19)9-14)22-17(24)13-8-12-5-7-23(3)16(12)21-10-13/h4-10H,11H2,1-3H3,(H,22,24). The first-order valence-corrected chi connectivity index (χ1v) is 8.20. The highest BCUT2D eigenvalue weighted by molar-refractivity contribution is 6.29. The van der Waals surface area contributed by atoms with Gasteiger partial charge in [-0.2, -0.15) is 0 Å². The molecule has 0 bridgehead atoms. The quantitative estimate of drug-likeness (QED) is 0.711. The topological polar surface area (TPSA) is 69.0 Å². The largest absolute Gasteiger partial charge is 0.491 e. The van der Waals surface area contributed by atoms with E-state index >= 15 is 0 Å². The Morgan fingerprint density at radius 1 is 1.32 bits per heavy atom. The van der Waals surface area contributed by atoms with Crippen LogP contribution >= 0.6 is 11.6 Å². The van der Waals surface area contributed by atoms with E-state index in [-0.39, 0.29) is 5.91 Å². The van der Waals surface area contributed by atoms with Crippen LogP contribution in [-0.4, -0.2) is 32.6 Å². The summed E-state index contributed by atoms with van der Waals surface area (Å²) in [5.41, 5.74) is 0.783. The summed E-state index contributed by atoms with van der Waals surface area (Å²) >= 11 is 5.84. The molecular weight excluding hydrogens is 340 g/mol. The van der Waals surface area contributed by atoms with Crippen molar-refractivity contribution in [3.8, 4) is 5.75 Å². The number of carbonyl (C=O) groups excluding carboxylic acids is 1. The predicted molar refractivity (Wildman–Crippen MR) is 97.0 cm³/mol. The second kappa shape index (κ2) is 6.72. The Morgan fingerprint density at radius 3 is 2.88 bits per heavy atom. The number of hydrogen-bond acceptors (Lipinski definition) is 4. The molecule has 3 heterocycles. The van der Waals surface area contributed by atoms with Gasteiger partial charge in [0.25, 0.3) is 5.91 Å². The second-order valence-corrected chi connectivity index (χ2v) is 6.89. The number of nitrogens with zero attached hydrogens (tertiary/aromatic N) is 3. The van der Waals surface area contributed by atoms with Crippen LogP contribution in [0, 0.1) is 0 Å². The van der Waals surface area contributed by atoms with Gasteiger partial charge in [0.1, 0.15) is 23.2 Å². The normalized spacial score (nSPS) is 11.5. The van der Waals surface area contributed by atoms with Gasteiger partial charge in [-0.15, -0.1) is 0 Å². The van der Waals surface area contributed by atoms with Crippen LogP contribution in [0.3, 0.4) is 0 Å². The zero-order chi connectivity index (χ0) is 18.0. The molecule has 0 fully saturated rings. The van der Waals surface area contributed by atoms with Crippen molar-refractivity contribution in [1.82, 2.24) is 19.9 Å². The molecule has 130 valence electrons. The third-order valence-corrected chi connectivity index (χ3v) is 3.93. The third kappa shape index (κ3) is 4.09. The van der Waals surface area contributed by atoms with Gasteiger partial charge in [-0.1, -0.05) is 11.6 Å². The van der Waals surface area contributed by atoms with Crippen molar-refractivity contribution >= 4 is 28.5 Å². The average Bonchev–Trinajstić information content (AvgIpc) is 2.93. The van der Waals surface area contributed by atoms with Crippen LogP contribution in [0.1, 0.15) is 24.2 Å². The second-order valence-electron chi connectivity index (χ2n) is 6.50. The van der Waals surface area contributed by atoms with Gasteiger partial charge in [0.2, 0.25) is 0 Å². The van der Waals surface area contributed by atoms with Gasteiger partial charge in [0, 0.05) is 37.1 Å². The molecule has 0 unspecified atom stereocenters. The number of amides is 1. The van der Waals surface area contributed by atoms with Crippen LogP contribution in [0.15, 0.2) is 42.9 Å². The number of aryl methyl sites for hydroxylation is 1. The fourth-order valence-corrected chi connectivity index (χ4v) is 2.60. The Hall–Kier alpha value is -2.60. The van der Waals surface area contributed by atoms with Gasteiger partial charge in [-0.25, -0.2) is 9.97 Å². The molecule has 0 saturated carbocycles. The fourth-order valence-electron chi connectivity index (χ4n) is 2.43. The SMILES string of the molecule is Cn1ccc2cc(C(=O)NC(C)(C)COc3ccnc(Cl)c3)cnc21. The average molecular weight is 359 g/mol. The van der Waals surface area contributed by atoms with Crippen molar-refractivity contribution in [2.45, 2.75) is 19.4 Å². The lowest BCUT2D eigenvalue weighted by atomic mass is 10.1. The smallest absolute Gasteiger partial charge is 0.253 e. The Balaban J connectivity index is 1.67. The summed E-state index contributed by atoms with van der Waals surface area (Å²) in [5, 5.41) is 4.26. The zero-order valence-corrected chi connectivity index (χ0v) is 15.0. The molecule has 3 rings (SSSR count). The molecule has 1 N–H and O–H groups in total. The summed E-state index contributed by atoms with van der Waals surface area (Å²) in [6.45, 7) is 4.07. The van der Waals surface area contributed by atoms with Crippen LogP contribution in [0.4, 0.5) is 0 Å². The predicted octanol–water partition coefficient (Wildman–Crippen LogP) is 3.21. The molecule has 3 aromatic heterocycles. The highest BCUT2D eigenvalue weighted by atomic mass is 35.5. The van der Waals surface area contributed by atoms with E-state index in [0.717, 1.165) is 11.0 Å². The summed E-state index contributed by atoms with van der Waals surface area (Å²) in [7, 11) is 1.92. The number of fused-ring (bicyclic) bond motifs is 1. The zero-order valence-electron chi connectivity index (χ0n) is 14.3. The highest BCUT2D eigenvalue weighted by Crippen LogP contribution is 2.17. The number of hydrogen-bond donors (Lipinski definition) is 1. The van der Waals surface area contributed by atoms with Crippen molar-refractivity contribution in [1.29, 1.82) is 0 Å². The molecule has 0 radical (unpaired) electrons. The minimum absolute atomic E-state index is 0.195. The molecule has 7 heteroatoms. The number of rotatable bonds is 5. The number of carbonyl (C=O) groups is 1. The molecule has 0 saturated heterocycles. The number of ether oxygens (including phenoxy) is 1. The lowest BCUT2D eigenvalue weighted by molar-refractivity contribution is 0.0880. The van der Waals surface area contributed by atoms with Crippen LogP contribution in [0.25, 0.3) is 11.0 Å². The first-order valence-electron chi connectivity index (χ1n) is 7.82. The number of nitrogens with one attached hydrogen (secondary N) is 1. The van der Waals surface area contributed by atoms with Gasteiger partial charge in [-0.05, 0) is 32.0 Å². The van der Waals surface area contributed by atoms with Gasteiger partial charge < -0.3 is 14.6 Å². The van der Waals surface area contributed by atoms with Crippen molar-refractivity contribution < 1.29 is 9.53 Å². The van der Waals surface area contributed by atoms with Gasteiger partial charge >= 0.3 is 0 Å². The van der Waals surface area contributed by atoms with Crippen molar-refractivity contribution in [2.24, 2.45) is 7.05 Å². The Bertz CT molecular complexity index is 920. The van der Waals surface area contributed by atoms with E-state index < -0.39 is 5.54 Å². The maximum Gasteiger partial charge on any atom is 0.253 e. The molecular formula is C18H19ClN4O2. The third-order valence-electron chi connectivity index (χ3n) is 3.72. The maximum absolute atomic E-state index is 12.5. The van der Waals surface area contributed by atoms with E-state index in [1.165, 1.54) is 0 Å². The molecule has 0 aliphatic heterocycles. The van der Waals surface area contributed by atoms with Crippen molar-refractivity contribution in [3.05, 3.63) is 53.6 Å². The molecule has 0 spiro atoms. The molecule has 0 atom stereocenters. The first kappa shape index (κ1) is 17.2. The lowest BCUT2D eigenvalue weighted by Gasteiger charge is -2.26. The minimum atomic E-state index is -0.571. The summed E-state index contributed by atoms with van der Waals surface area (Å²) < 4.78 is 7.62. The summed E-state index contributed by atoms with van der Waals surface area (Å²) in [6.07, 6.45) is 5.07. The maximum atomic E-state index is 12.5. The number of pyridine rings is 2. The van der Waals surface area contributed by atoms with Crippen LogP contribution < -0.4 is 10.1 Å². The lowest BCUT2D eigenvalue weighted by Crippen LogP contribution is -2.47. The van der Waals surface area contributed by atoms with E-state index in [2.05, 4.69) is 15.3 Å². The van der Waals surface area contributed by atoms with E-state index in [1.807, 2.05) is 43.8 Å². The van der Waals surface area contributed by atoms with E-state index in [1.54, 1.807) is 24.5 Å². The summed E-state index contributed by atoms with van der Waals surface area (Å²) in [5.74, 6) is 0.411. The van der Waals surface area contributed by atoms with E-state index in [9.17, 15) is 4.79 Å². The van der Waals surface area contributed by atoms with E-state index in [0.29, 0.717) is 23.1 Å². The molecule has 6 nitrogen and oxygen atoms in total. The van der Waals surface area contributed by atoms with Crippen molar-refractivity contribution in [3.63, 3.8) is 0 Å². The molecule has 0 aromatic carbocycles. The molecule has 25 heavy (non-hydrogen) atoms. The fraction of sp³-hybridized carbons (Fsp3) is 0.278. The molecule has 0 aliphatic carbocycles. The van der Waals surface area contributed by atoms with Crippen LogP contribution in [-0.2, 0) is 7.05 Å². The van der Waals surface area contributed by atoms with Gasteiger partial charge in [0.15, 0.2) is 0 Å². The Labute approximate surface area is 150 Å². The summed E-state index contributed by atoms with van der Waals surface area (Å²) in [4.78, 5) is 20.8. The molecule has 3 aromatic rings. The Morgan fingerprint density at radius 2 is 2.12 bits per heavy atom. The highest BCUT2D eigenvalue weighted by Gasteiger charge is 2.23. The van der Waals surface area contributed by atoms with Crippen LogP contribution in [0.5, 0.6) is 5.75 Å². The monoisotopic (exact) mass is 358 g/mol. The first-order chi connectivity index (χ1) is 11.8. The molecule has 0 aliphatic rings. The molecule has 1 amide bonds. The van der Waals surface area contributed by atoms with Gasteiger partial charge in [0.05, 0.1) is 11.1 Å². The number of aromatic nitrogens is 3. The number of halogens is 1. The van der Waals surface area contributed by atoms with Crippen molar-refractivity contribution in [2.75, 3.05) is 6.61 Å². The summed E-state index contributed by atoms with van der Waals surface area (Å²) in [6, 6.07) is 7.11. The van der Waals surface area contributed by atoms with Crippen LogP contribution in [0.2, 0.25) is 5.15 Å². The Kier molecular flexibility index (Phi) is 4.63. The van der Waals surface area contributed by atoms with E-state index in [4.69, 9.17) is 16.3 Å².